The number of amides is 2. The van der Waals surface area contributed by atoms with Gasteiger partial charge in [0.25, 0.3) is 0 Å². The molecule has 12 heteroatoms. The molecule has 8 atom stereocenters. The Morgan fingerprint density at radius 3 is 2.62 bits per heavy atom. The summed E-state index contributed by atoms with van der Waals surface area (Å²) in [5, 5.41) is 17.4. The Morgan fingerprint density at radius 1 is 1.27 bits per heavy atom. The Hall–Kier alpha value is -3.12. The maximum Gasteiger partial charge on any atom is 0.409 e. The number of carbonyl (C=O) groups is 3. The van der Waals surface area contributed by atoms with Gasteiger partial charge in [0, 0.05) is 26.0 Å². The molecule has 2 fully saturated rings. The molecular weight excluding hydrogens is 602 g/mol. The zero-order valence-corrected chi connectivity index (χ0v) is 28.1. The number of allylic oxidation sites excluding steroid dienone is 3. The number of benzene rings is 1. The first-order valence-corrected chi connectivity index (χ1v) is 15.6. The van der Waals surface area contributed by atoms with Gasteiger partial charge in [-0.05, 0) is 63.3 Å². The van der Waals surface area contributed by atoms with Crippen molar-refractivity contribution in [3.05, 3.63) is 46.5 Å². The van der Waals surface area contributed by atoms with Crippen molar-refractivity contribution in [2.75, 3.05) is 33.2 Å². The lowest BCUT2D eigenvalue weighted by molar-refractivity contribution is -0.157. The van der Waals surface area contributed by atoms with Gasteiger partial charge in [0.1, 0.15) is 35.1 Å². The lowest BCUT2D eigenvalue weighted by Crippen LogP contribution is -2.63. The highest BCUT2D eigenvalue weighted by Gasteiger charge is 2.62. The molecule has 2 aliphatic heterocycles. The Balaban J connectivity index is 1.80. The molecule has 248 valence electrons. The van der Waals surface area contributed by atoms with Crippen molar-refractivity contribution in [2.24, 2.45) is 17.3 Å². The fraction of sp³-hybridized carbons (Fsp3) is 0.606. The molecule has 0 spiro atoms. The quantitative estimate of drug-likeness (QED) is 0.403. The standard InChI is InChI=1S/C33H46ClN3O8/c1-18-10-9-11-26(43-8)33(41)17-25(44-31(40)36-33)19(2)22-16-32(22,4)27(45-30(39)20(3)35-5)15-28(38)37(6)23-13-21(12-18)14-24(42-7)29(23)34/h9-11,13-14,19-20,22,25-27,35,41H,12,15-17H2,1-8H3,(H,36,40)/b11-9+,18-10+/t19-,20+,22-,25+,26-,27+,32-,33+/m1/s1. The van der Waals surface area contributed by atoms with E-state index in [1.165, 1.54) is 19.1 Å². The number of ether oxygens (including phenoxy) is 4. The molecule has 45 heavy (non-hydrogen) atoms. The predicted octanol–water partition coefficient (Wildman–Crippen LogP) is 4.14. The lowest BCUT2D eigenvalue weighted by atomic mass is 9.83. The summed E-state index contributed by atoms with van der Waals surface area (Å²) in [5.74, 6) is -0.641. The summed E-state index contributed by atoms with van der Waals surface area (Å²) in [4.78, 5) is 41.1. The SMILES string of the molecule is CN[C@@H](C)C(=O)O[C@H]1CC(=O)N(C)c2cc(cc(OC)c2Cl)C/C(C)=C/C=C/[C@@H](OC)[C@@]2(O)C[C@H](OC(=O)N2)[C@H](C)[C@H]2C[C@@]12C. The van der Waals surface area contributed by atoms with Crippen LogP contribution in [0, 0.1) is 17.3 Å². The van der Waals surface area contributed by atoms with Crippen LogP contribution in [0.2, 0.25) is 5.02 Å². The van der Waals surface area contributed by atoms with Gasteiger partial charge in [-0.25, -0.2) is 4.79 Å². The summed E-state index contributed by atoms with van der Waals surface area (Å²) in [6, 6.07) is 3.09. The molecule has 2 amide bonds. The van der Waals surface area contributed by atoms with Crippen LogP contribution in [0.15, 0.2) is 35.9 Å². The predicted molar refractivity (Wildman–Crippen MR) is 170 cm³/mol. The van der Waals surface area contributed by atoms with Crippen LogP contribution in [-0.4, -0.2) is 81.5 Å². The van der Waals surface area contributed by atoms with E-state index in [1.54, 1.807) is 33.2 Å². The Morgan fingerprint density at radius 2 is 1.98 bits per heavy atom. The number of rotatable bonds is 5. The van der Waals surface area contributed by atoms with Gasteiger partial charge >= 0.3 is 12.1 Å². The zero-order valence-electron chi connectivity index (χ0n) is 27.3. The maximum atomic E-state index is 13.9. The van der Waals surface area contributed by atoms with Gasteiger partial charge in [-0.3, -0.25) is 14.9 Å². The number of methoxy groups -OCH3 is 2. The Labute approximate surface area is 270 Å². The van der Waals surface area contributed by atoms with Gasteiger partial charge in [0.15, 0.2) is 5.72 Å². The number of hydrogen-bond donors (Lipinski definition) is 3. The number of carbonyl (C=O) groups excluding carboxylic acids is 3. The van der Waals surface area contributed by atoms with E-state index in [0.717, 1.165) is 11.1 Å². The summed E-state index contributed by atoms with van der Waals surface area (Å²) in [6.45, 7) is 7.57. The second-order valence-corrected chi connectivity index (χ2v) is 13.2. The fourth-order valence-corrected chi connectivity index (χ4v) is 6.83. The van der Waals surface area contributed by atoms with Crippen LogP contribution in [0.3, 0.4) is 0 Å². The van der Waals surface area contributed by atoms with Crippen LogP contribution < -0.4 is 20.3 Å². The van der Waals surface area contributed by atoms with E-state index in [-0.39, 0.29) is 30.6 Å². The van der Waals surface area contributed by atoms with Crippen molar-refractivity contribution < 1.29 is 38.4 Å². The molecule has 1 saturated heterocycles. The molecule has 1 saturated carbocycles. The third-order valence-electron chi connectivity index (χ3n) is 9.71. The molecule has 2 heterocycles. The van der Waals surface area contributed by atoms with Gasteiger partial charge in [0.2, 0.25) is 5.91 Å². The van der Waals surface area contributed by atoms with Gasteiger partial charge in [-0.15, -0.1) is 0 Å². The Kier molecular flexibility index (Phi) is 10.6. The highest BCUT2D eigenvalue weighted by Crippen LogP contribution is 2.61. The van der Waals surface area contributed by atoms with Gasteiger partial charge in [-0.1, -0.05) is 49.2 Å². The van der Waals surface area contributed by atoms with Crippen LogP contribution in [0.1, 0.15) is 52.5 Å². The second kappa shape index (κ2) is 13.7. The average Bonchev–Trinajstić information content (AvgIpc) is 3.69. The number of anilines is 1. The van der Waals surface area contributed by atoms with Gasteiger partial charge in [-0.2, -0.15) is 0 Å². The van der Waals surface area contributed by atoms with E-state index in [0.29, 0.717) is 29.3 Å². The number of aliphatic hydroxyl groups is 1. The number of fused-ring (bicyclic) bond motifs is 5. The minimum absolute atomic E-state index is 0.0744. The molecule has 4 rings (SSSR count). The molecule has 0 unspecified atom stereocenters. The molecule has 1 aromatic rings. The fourth-order valence-electron chi connectivity index (χ4n) is 6.52. The molecule has 3 aliphatic rings. The van der Waals surface area contributed by atoms with Crippen molar-refractivity contribution in [3.8, 4) is 5.75 Å². The van der Waals surface area contributed by atoms with Crippen molar-refractivity contribution in [3.63, 3.8) is 0 Å². The van der Waals surface area contributed by atoms with E-state index in [4.69, 9.17) is 30.5 Å². The molecule has 4 bridgehead atoms. The number of alkyl carbamates (subject to hydrolysis) is 1. The largest absolute Gasteiger partial charge is 0.495 e. The lowest BCUT2D eigenvalue weighted by Gasteiger charge is -2.42. The van der Waals surface area contributed by atoms with Crippen LogP contribution in [0.5, 0.6) is 5.75 Å². The minimum Gasteiger partial charge on any atom is -0.495 e. The molecule has 0 aromatic heterocycles. The molecular formula is C33H46ClN3O8. The third kappa shape index (κ3) is 7.32. The van der Waals surface area contributed by atoms with E-state index >= 15 is 0 Å². The number of nitrogens with zero attached hydrogens (tertiary/aromatic N) is 1. The van der Waals surface area contributed by atoms with E-state index in [2.05, 4.69) is 10.6 Å². The van der Waals surface area contributed by atoms with Gasteiger partial charge < -0.3 is 34.3 Å². The second-order valence-electron chi connectivity index (χ2n) is 12.8. The van der Waals surface area contributed by atoms with Crippen LogP contribution in [0.25, 0.3) is 0 Å². The molecule has 1 aliphatic carbocycles. The number of halogens is 1. The summed E-state index contributed by atoms with van der Waals surface area (Å²) in [7, 11) is 6.29. The van der Waals surface area contributed by atoms with E-state index in [1.807, 2.05) is 39.0 Å². The third-order valence-corrected chi connectivity index (χ3v) is 10.1. The topological polar surface area (TPSA) is 136 Å². The summed E-state index contributed by atoms with van der Waals surface area (Å²) < 4.78 is 22.9. The first-order valence-electron chi connectivity index (χ1n) is 15.3. The van der Waals surface area contributed by atoms with Crippen molar-refractivity contribution in [1.29, 1.82) is 0 Å². The molecule has 3 N–H and O–H groups in total. The summed E-state index contributed by atoms with van der Waals surface area (Å²) in [5.41, 5.74) is -0.00815. The molecule has 11 nitrogen and oxygen atoms in total. The molecule has 0 radical (unpaired) electrons. The van der Waals surface area contributed by atoms with Crippen molar-refractivity contribution >= 4 is 35.3 Å². The first kappa shape index (κ1) is 34.7. The summed E-state index contributed by atoms with van der Waals surface area (Å²) >= 11 is 6.72. The summed E-state index contributed by atoms with van der Waals surface area (Å²) in [6.07, 6.45) is 3.46. The number of hydrogen-bond acceptors (Lipinski definition) is 9. The van der Waals surface area contributed by atoms with E-state index in [9.17, 15) is 19.5 Å². The first-order chi connectivity index (χ1) is 21.2. The normalized spacial score (nSPS) is 34.8. The number of nitrogens with one attached hydrogen (secondary N) is 2. The van der Waals surface area contributed by atoms with Crippen LogP contribution in [0.4, 0.5) is 10.5 Å². The smallest absolute Gasteiger partial charge is 0.409 e. The average molecular weight is 648 g/mol. The maximum absolute atomic E-state index is 13.9. The number of likely N-dealkylation sites (N-methyl/N-ethyl adjacent to an activating group) is 1. The Bertz CT molecular complexity index is 1370. The highest BCUT2D eigenvalue weighted by atomic mass is 35.5. The van der Waals surface area contributed by atoms with Crippen LogP contribution in [-0.2, 0) is 30.2 Å². The number of esters is 1. The van der Waals surface area contributed by atoms with Crippen molar-refractivity contribution in [1.82, 2.24) is 10.6 Å². The zero-order chi connectivity index (χ0) is 33.3. The van der Waals surface area contributed by atoms with Gasteiger partial charge in [0.05, 0.1) is 19.2 Å². The highest BCUT2D eigenvalue weighted by molar-refractivity contribution is 6.35. The molecule has 1 aromatic carbocycles. The van der Waals surface area contributed by atoms with E-state index < -0.39 is 47.6 Å². The minimum atomic E-state index is -1.72. The van der Waals surface area contributed by atoms with Crippen molar-refractivity contribution in [2.45, 2.75) is 83.5 Å². The monoisotopic (exact) mass is 647 g/mol. The van der Waals surface area contributed by atoms with Crippen LogP contribution >= 0.6 is 11.6 Å².